The lowest BCUT2D eigenvalue weighted by Crippen LogP contribution is -2.31. The summed E-state index contributed by atoms with van der Waals surface area (Å²) in [5.41, 5.74) is 2.66. The molecule has 0 spiro atoms. The van der Waals surface area contributed by atoms with Gasteiger partial charge in [-0.3, -0.25) is 14.9 Å². The molecular weight excluding hydrogens is 392 g/mol. The Morgan fingerprint density at radius 1 is 1.04 bits per heavy atom. The fourth-order valence-corrected chi connectivity index (χ4v) is 3.92. The Labute approximate surface area is 171 Å². The second-order valence-electron chi connectivity index (χ2n) is 6.31. The number of anilines is 2. The van der Waals surface area contributed by atoms with Crippen molar-refractivity contribution >= 4 is 45.7 Å². The summed E-state index contributed by atoms with van der Waals surface area (Å²) >= 11 is 2.60. The molecule has 1 aromatic heterocycles. The number of nitrogens with one attached hydrogen (secondary N) is 2. The minimum Gasteiger partial charge on any atom is -0.330 e. The quantitative estimate of drug-likeness (QED) is 0.558. The van der Waals surface area contributed by atoms with Crippen LogP contribution in [0.2, 0.25) is 0 Å². The van der Waals surface area contributed by atoms with Crippen molar-refractivity contribution in [1.29, 1.82) is 0 Å². The number of carbonyl (C=O) groups is 2. The van der Waals surface area contributed by atoms with Gasteiger partial charge in [0.25, 0.3) is 5.91 Å². The SMILES string of the molecule is CC(C)c1ccc(Nc2nnc(SCC(=O)NC(=O)c3ccccc3)s2)cc1. The van der Waals surface area contributed by atoms with Gasteiger partial charge in [0.1, 0.15) is 0 Å². The monoisotopic (exact) mass is 412 g/mol. The molecule has 144 valence electrons. The summed E-state index contributed by atoms with van der Waals surface area (Å²) in [6.45, 7) is 4.31. The van der Waals surface area contributed by atoms with Crippen molar-refractivity contribution in [2.45, 2.75) is 24.1 Å². The van der Waals surface area contributed by atoms with Crippen molar-refractivity contribution in [2.24, 2.45) is 0 Å². The summed E-state index contributed by atoms with van der Waals surface area (Å²) in [4.78, 5) is 23.9. The number of aromatic nitrogens is 2. The molecule has 8 heteroatoms. The largest absolute Gasteiger partial charge is 0.330 e. The lowest BCUT2D eigenvalue weighted by atomic mass is 10.0. The van der Waals surface area contributed by atoms with Crippen LogP contribution in [0.1, 0.15) is 35.7 Å². The molecule has 2 aromatic carbocycles. The molecule has 0 aliphatic rings. The van der Waals surface area contributed by atoms with E-state index in [1.807, 2.05) is 18.2 Å². The van der Waals surface area contributed by atoms with Gasteiger partial charge in [-0.05, 0) is 35.7 Å². The van der Waals surface area contributed by atoms with Crippen molar-refractivity contribution in [3.05, 3.63) is 65.7 Å². The number of carbonyl (C=O) groups excluding carboxylic acids is 2. The van der Waals surface area contributed by atoms with Crippen molar-refractivity contribution in [3.8, 4) is 0 Å². The highest BCUT2D eigenvalue weighted by Gasteiger charge is 2.12. The number of hydrogen-bond acceptors (Lipinski definition) is 7. The van der Waals surface area contributed by atoms with E-state index in [4.69, 9.17) is 0 Å². The van der Waals surface area contributed by atoms with Crippen molar-refractivity contribution in [3.63, 3.8) is 0 Å². The van der Waals surface area contributed by atoms with Crippen LogP contribution in [0, 0.1) is 0 Å². The summed E-state index contributed by atoms with van der Waals surface area (Å²) in [5, 5.41) is 14.4. The lowest BCUT2D eigenvalue weighted by molar-refractivity contribution is -0.117. The Morgan fingerprint density at radius 2 is 1.75 bits per heavy atom. The summed E-state index contributed by atoms with van der Waals surface area (Å²) < 4.78 is 0.656. The number of rotatable bonds is 7. The molecule has 0 aliphatic carbocycles. The van der Waals surface area contributed by atoms with E-state index in [1.54, 1.807) is 24.3 Å². The zero-order valence-corrected chi connectivity index (χ0v) is 17.1. The number of amides is 2. The summed E-state index contributed by atoms with van der Waals surface area (Å²) in [6.07, 6.45) is 0. The molecule has 0 saturated carbocycles. The first-order valence-electron chi connectivity index (χ1n) is 8.74. The third kappa shape index (κ3) is 5.64. The third-order valence-corrected chi connectivity index (χ3v) is 5.82. The van der Waals surface area contributed by atoms with Crippen molar-refractivity contribution in [1.82, 2.24) is 15.5 Å². The number of benzene rings is 2. The number of hydrogen-bond donors (Lipinski definition) is 2. The smallest absolute Gasteiger partial charge is 0.257 e. The maximum atomic E-state index is 12.0. The molecule has 0 radical (unpaired) electrons. The van der Waals surface area contributed by atoms with E-state index in [1.165, 1.54) is 28.7 Å². The van der Waals surface area contributed by atoms with Gasteiger partial charge in [0.2, 0.25) is 11.0 Å². The second-order valence-corrected chi connectivity index (χ2v) is 8.51. The van der Waals surface area contributed by atoms with Gasteiger partial charge in [-0.25, -0.2) is 0 Å². The van der Waals surface area contributed by atoms with E-state index < -0.39 is 5.91 Å². The Morgan fingerprint density at radius 3 is 2.43 bits per heavy atom. The lowest BCUT2D eigenvalue weighted by Gasteiger charge is -2.06. The first kappa shape index (κ1) is 20.0. The molecule has 3 rings (SSSR count). The summed E-state index contributed by atoms with van der Waals surface area (Å²) in [5.74, 6) is -0.196. The van der Waals surface area contributed by atoms with Gasteiger partial charge in [-0.1, -0.05) is 67.3 Å². The van der Waals surface area contributed by atoms with Crippen LogP contribution in [0.25, 0.3) is 0 Å². The number of thioether (sulfide) groups is 1. The molecule has 0 unspecified atom stereocenters. The highest BCUT2D eigenvalue weighted by atomic mass is 32.2. The van der Waals surface area contributed by atoms with E-state index in [-0.39, 0.29) is 11.7 Å². The van der Waals surface area contributed by atoms with Crippen LogP contribution < -0.4 is 10.6 Å². The van der Waals surface area contributed by atoms with Gasteiger partial charge in [-0.2, -0.15) is 0 Å². The minimum atomic E-state index is -0.407. The topological polar surface area (TPSA) is 84.0 Å². The fraction of sp³-hybridized carbons (Fsp3) is 0.200. The van der Waals surface area contributed by atoms with E-state index in [0.717, 1.165) is 5.69 Å². The van der Waals surface area contributed by atoms with Crippen LogP contribution >= 0.6 is 23.1 Å². The number of nitrogens with zero attached hydrogens (tertiary/aromatic N) is 2. The molecule has 0 bridgehead atoms. The van der Waals surface area contributed by atoms with Crippen LogP contribution in [0.3, 0.4) is 0 Å². The van der Waals surface area contributed by atoms with Crippen LogP contribution in [0.4, 0.5) is 10.8 Å². The van der Waals surface area contributed by atoms with E-state index in [9.17, 15) is 9.59 Å². The highest BCUT2D eigenvalue weighted by Crippen LogP contribution is 2.28. The Balaban J connectivity index is 1.49. The van der Waals surface area contributed by atoms with Gasteiger partial charge in [0, 0.05) is 11.3 Å². The van der Waals surface area contributed by atoms with Gasteiger partial charge in [0.05, 0.1) is 5.75 Å². The zero-order chi connectivity index (χ0) is 19.9. The fourth-order valence-electron chi connectivity index (χ4n) is 2.35. The average molecular weight is 413 g/mol. The Kier molecular flexibility index (Phi) is 6.78. The van der Waals surface area contributed by atoms with Gasteiger partial charge >= 0.3 is 0 Å². The molecule has 0 aliphatic heterocycles. The van der Waals surface area contributed by atoms with Gasteiger partial charge in [0.15, 0.2) is 4.34 Å². The van der Waals surface area contributed by atoms with Gasteiger partial charge < -0.3 is 5.32 Å². The van der Waals surface area contributed by atoms with E-state index >= 15 is 0 Å². The van der Waals surface area contributed by atoms with Gasteiger partial charge in [-0.15, -0.1) is 10.2 Å². The molecule has 2 N–H and O–H groups in total. The molecule has 2 amide bonds. The van der Waals surface area contributed by atoms with Crippen molar-refractivity contribution in [2.75, 3.05) is 11.1 Å². The van der Waals surface area contributed by atoms with Crippen LogP contribution in [-0.4, -0.2) is 27.8 Å². The molecule has 6 nitrogen and oxygen atoms in total. The van der Waals surface area contributed by atoms with Crippen molar-refractivity contribution < 1.29 is 9.59 Å². The Hall–Kier alpha value is -2.71. The first-order valence-corrected chi connectivity index (χ1v) is 10.5. The highest BCUT2D eigenvalue weighted by molar-refractivity contribution is 8.01. The molecule has 0 atom stereocenters. The second kappa shape index (κ2) is 9.48. The molecular formula is C20H20N4O2S2. The van der Waals surface area contributed by atoms with Crippen LogP contribution in [-0.2, 0) is 4.79 Å². The minimum absolute atomic E-state index is 0.0935. The third-order valence-electron chi connectivity index (χ3n) is 3.85. The summed E-state index contributed by atoms with van der Waals surface area (Å²) in [6, 6.07) is 16.8. The molecule has 0 fully saturated rings. The maximum absolute atomic E-state index is 12.0. The van der Waals surface area contributed by atoms with Crippen LogP contribution in [0.5, 0.6) is 0 Å². The zero-order valence-electron chi connectivity index (χ0n) is 15.5. The summed E-state index contributed by atoms with van der Waals surface area (Å²) in [7, 11) is 0. The standard InChI is InChI=1S/C20H20N4O2S2/c1-13(2)14-8-10-16(11-9-14)21-19-23-24-20(28-19)27-12-17(25)22-18(26)15-6-4-3-5-7-15/h3-11,13H,12H2,1-2H3,(H,21,23)(H,22,25,26). The first-order chi connectivity index (χ1) is 13.5. The van der Waals surface area contributed by atoms with E-state index in [2.05, 4.69) is 46.8 Å². The molecule has 28 heavy (non-hydrogen) atoms. The number of imide groups is 1. The predicted octanol–water partition coefficient (Wildman–Crippen LogP) is 4.45. The van der Waals surface area contributed by atoms with Crippen LogP contribution in [0.15, 0.2) is 58.9 Å². The normalized spacial score (nSPS) is 10.7. The molecule has 0 saturated heterocycles. The molecule has 1 heterocycles. The maximum Gasteiger partial charge on any atom is 0.257 e. The predicted molar refractivity (Wildman–Crippen MR) is 113 cm³/mol. The Bertz CT molecular complexity index is 940. The molecule has 3 aromatic rings. The average Bonchev–Trinajstić information content (AvgIpc) is 3.15. The van der Waals surface area contributed by atoms with E-state index in [0.29, 0.717) is 21.0 Å².